The van der Waals surface area contributed by atoms with Gasteiger partial charge in [-0.05, 0) is 38.6 Å². The highest BCUT2D eigenvalue weighted by Gasteiger charge is 2.19. The van der Waals surface area contributed by atoms with Gasteiger partial charge in [-0.15, -0.1) is 0 Å². The standard InChI is InChI=1S/C29H25N3/c1-29(2,3)20-13-14-21-19(16-20)9-7-11-23(21)26-28-27(31-17-30-26)25-22-10-6-5-8-18(22)12-15-24(25)32(28)4/h5-17H,1-4H3. The lowest BCUT2D eigenvalue weighted by Crippen LogP contribution is -2.10. The highest BCUT2D eigenvalue weighted by atomic mass is 15.0. The molecule has 0 spiro atoms. The molecule has 0 atom stereocenters. The van der Waals surface area contributed by atoms with Crippen molar-refractivity contribution in [2.75, 3.05) is 0 Å². The molecule has 0 saturated heterocycles. The smallest absolute Gasteiger partial charge is 0.116 e. The minimum Gasteiger partial charge on any atom is -0.340 e. The second-order valence-electron chi connectivity index (χ2n) is 9.65. The van der Waals surface area contributed by atoms with Crippen LogP contribution in [0, 0.1) is 0 Å². The Labute approximate surface area is 187 Å². The number of aryl methyl sites for hydroxylation is 1. The monoisotopic (exact) mass is 415 g/mol. The molecule has 0 radical (unpaired) electrons. The molecule has 0 unspecified atom stereocenters. The fourth-order valence-electron chi connectivity index (χ4n) is 4.94. The molecule has 6 aromatic rings. The fraction of sp³-hybridized carbons (Fsp3) is 0.172. The van der Waals surface area contributed by atoms with Gasteiger partial charge in [0.2, 0.25) is 0 Å². The third-order valence-corrected chi connectivity index (χ3v) is 6.66. The van der Waals surface area contributed by atoms with Crippen molar-refractivity contribution in [1.82, 2.24) is 14.5 Å². The van der Waals surface area contributed by atoms with Gasteiger partial charge in [0.05, 0.1) is 16.7 Å². The van der Waals surface area contributed by atoms with Gasteiger partial charge in [-0.1, -0.05) is 87.5 Å². The van der Waals surface area contributed by atoms with Crippen LogP contribution in [0.3, 0.4) is 0 Å². The van der Waals surface area contributed by atoms with Gasteiger partial charge in [0.25, 0.3) is 0 Å². The van der Waals surface area contributed by atoms with Gasteiger partial charge in [-0.3, -0.25) is 0 Å². The maximum atomic E-state index is 4.80. The molecule has 4 aromatic carbocycles. The Hall–Kier alpha value is -3.72. The van der Waals surface area contributed by atoms with Crippen LogP contribution in [-0.2, 0) is 12.5 Å². The lowest BCUT2D eigenvalue weighted by Gasteiger charge is -2.20. The largest absolute Gasteiger partial charge is 0.340 e. The third kappa shape index (κ3) is 2.67. The summed E-state index contributed by atoms with van der Waals surface area (Å²) in [5, 5.41) is 6.11. The van der Waals surface area contributed by atoms with Crippen molar-refractivity contribution in [3.63, 3.8) is 0 Å². The fourth-order valence-corrected chi connectivity index (χ4v) is 4.94. The average Bonchev–Trinajstić information content (AvgIpc) is 3.10. The predicted octanol–water partition coefficient (Wildman–Crippen LogP) is 7.39. The first-order valence-corrected chi connectivity index (χ1v) is 11.1. The third-order valence-electron chi connectivity index (χ3n) is 6.66. The number of aromatic nitrogens is 3. The van der Waals surface area contributed by atoms with Crippen LogP contribution in [0.15, 0.2) is 79.1 Å². The number of nitrogens with zero attached hydrogens (tertiary/aromatic N) is 3. The van der Waals surface area contributed by atoms with E-state index >= 15 is 0 Å². The first-order valence-electron chi connectivity index (χ1n) is 11.1. The van der Waals surface area contributed by atoms with Crippen LogP contribution < -0.4 is 0 Å². The molecule has 156 valence electrons. The summed E-state index contributed by atoms with van der Waals surface area (Å²) in [5.41, 5.74) is 6.83. The molecule has 6 rings (SSSR count). The van der Waals surface area contributed by atoms with Crippen LogP contribution in [-0.4, -0.2) is 14.5 Å². The molecule has 32 heavy (non-hydrogen) atoms. The van der Waals surface area contributed by atoms with Gasteiger partial charge in [-0.2, -0.15) is 0 Å². The molecule has 0 aliphatic rings. The van der Waals surface area contributed by atoms with Gasteiger partial charge >= 0.3 is 0 Å². The summed E-state index contributed by atoms with van der Waals surface area (Å²) in [6.45, 7) is 6.77. The maximum absolute atomic E-state index is 4.80. The number of hydrogen-bond acceptors (Lipinski definition) is 2. The molecule has 2 aromatic heterocycles. The normalized spacial score (nSPS) is 12.4. The lowest BCUT2D eigenvalue weighted by molar-refractivity contribution is 0.591. The molecule has 0 saturated carbocycles. The van der Waals surface area contributed by atoms with E-state index in [1.165, 1.54) is 38.0 Å². The molecule has 0 N–H and O–H groups in total. The highest BCUT2D eigenvalue weighted by Crippen LogP contribution is 2.39. The first kappa shape index (κ1) is 19.0. The molecule has 2 heterocycles. The zero-order valence-electron chi connectivity index (χ0n) is 18.8. The highest BCUT2D eigenvalue weighted by molar-refractivity contribution is 6.21. The first-order chi connectivity index (χ1) is 15.4. The van der Waals surface area contributed by atoms with Crippen LogP contribution >= 0.6 is 0 Å². The second-order valence-corrected chi connectivity index (χ2v) is 9.65. The van der Waals surface area contributed by atoms with E-state index in [1.54, 1.807) is 6.33 Å². The van der Waals surface area contributed by atoms with Gasteiger partial charge in [0, 0.05) is 18.0 Å². The summed E-state index contributed by atoms with van der Waals surface area (Å²) in [6.07, 6.45) is 1.71. The van der Waals surface area contributed by atoms with Crippen molar-refractivity contribution < 1.29 is 0 Å². The molecule has 0 bridgehead atoms. The van der Waals surface area contributed by atoms with E-state index in [2.05, 4.69) is 105 Å². The van der Waals surface area contributed by atoms with E-state index in [-0.39, 0.29) is 5.41 Å². The summed E-state index contributed by atoms with van der Waals surface area (Å²) >= 11 is 0. The maximum Gasteiger partial charge on any atom is 0.116 e. The average molecular weight is 416 g/mol. The predicted molar refractivity (Wildman–Crippen MR) is 135 cm³/mol. The zero-order valence-corrected chi connectivity index (χ0v) is 18.8. The van der Waals surface area contributed by atoms with E-state index in [4.69, 9.17) is 9.97 Å². The summed E-state index contributed by atoms with van der Waals surface area (Å²) in [5.74, 6) is 0. The number of benzene rings is 4. The van der Waals surface area contributed by atoms with Crippen LogP contribution in [0.4, 0.5) is 0 Å². The number of fused-ring (bicyclic) bond motifs is 6. The topological polar surface area (TPSA) is 30.7 Å². The minimum absolute atomic E-state index is 0.114. The second kappa shape index (κ2) is 6.64. The van der Waals surface area contributed by atoms with Crippen molar-refractivity contribution in [3.05, 3.63) is 84.7 Å². The minimum atomic E-state index is 0.114. The molecule has 0 amide bonds. The van der Waals surface area contributed by atoms with Crippen molar-refractivity contribution in [2.24, 2.45) is 7.05 Å². The van der Waals surface area contributed by atoms with Gasteiger partial charge in [0.1, 0.15) is 11.8 Å². The zero-order chi connectivity index (χ0) is 22.0. The van der Waals surface area contributed by atoms with E-state index in [1.807, 2.05) is 0 Å². The van der Waals surface area contributed by atoms with E-state index < -0.39 is 0 Å². The van der Waals surface area contributed by atoms with E-state index in [9.17, 15) is 0 Å². The summed E-state index contributed by atoms with van der Waals surface area (Å²) < 4.78 is 2.24. The van der Waals surface area contributed by atoms with Gasteiger partial charge in [0.15, 0.2) is 0 Å². The Balaban J connectivity index is 1.71. The molecular formula is C29H25N3. The Morgan fingerprint density at radius 3 is 2.41 bits per heavy atom. The van der Waals surface area contributed by atoms with Crippen molar-refractivity contribution in [1.29, 1.82) is 0 Å². The Kier molecular flexibility index (Phi) is 3.94. The SMILES string of the molecule is Cn1c2ccc3ccccc3c2c2ncnc(-c3cccc4cc(C(C)(C)C)ccc34)c21. The van der Waals surface area contributed by atoms with Crippen LogP contribution in [0.5, 0.6) is 0 Å². The molecular weight excluding hydrogens is 390 g/mol. The Morgan fingerprint density at radius 1 is 0.750 bits per heavy atom. The van der Waals surface area contributed by atoms with Crippen molar-refractivity contribution in [2.45, 2.75) is 26.2 Å². The van der Waals surface area contributed by atoms with E-state index in [0.717, 1.165) is 22.3 Å². The summed E-state index contributed by atoms with van der Waals surface area (Å²) in [7, 11) is 2.12. The van der Waals surface area contributed by atoms with Crippen LogP contribution in [0.25, 0.3) is 54.7 Å². The van der Waals surface area contributed by atoms with Crippen LogP contribution in [0.1, 0.15) is 26.3 Å². The van der Waals surface area contributed by atoms with Crippen molar-refractivity contribution in [3.8, 4) is 11.3 Å². The molecule has 3 nitrogen and oxygen atoms in total. The molecule has 3 heteroatoms. The van der Waals surface area contributed by atoms with Gasteiger partial charge in [-0.25, -0.2) is 9.97 Å². The summed E-state index contributed by atoms with van der Waals surface area (Å²) in [4.78, 5) is 9.56. The quantitative estimate of drug-likeness (QED) is 0.280. The van der Waals surface area contributed by atoms with Gasteiger partial charge < -0.3 is 4.57 Å². The Morgan fingerprint density at radius 2 is 1.56 bits per heavy atom. The number of hydrogen-bond donors (Lipinski definition) is 0. The lowest BCUT2D eigenvalue weighted by atomic mass is 9.85. The molecule has 0 fully saturated rings. The summed E-state index contributed by atoms with van der Waals surface area (Å²) in [6, 6.07) is 26.2. The molecule has 0 aliphatic carbocycles. The molecule has 0 aliphatic heterocycles. The number of rotatable bonds is 1. The van der Waals surface area contributed by atoms with Crippen LogP contribution in [0.2, 0.25) is 0 Å². The van der Waals surface area contributed by atoms with Crippen molar-refractivity contribution >= 4 is 43.5 Å². The Bertz CT molecular complexity index is 1670. The van der Waals surface area contributed by atoms with E-state index in [0.29, 0.717) is 0 Å².